The molecule has 1 N–H and O–H groups in total. The third kappa shape index (κ3) is 5.76. The van der Waals surface area contributed by atoms with Crippen LogP contribution < -0.4 is 4.72 Å². The summed E-state index contributed by atoms with van der Waals surface area (Å²) in [6.45, 7) is 5.99. The molecule has 218 valence electrons. The van der Waals surface area contributed by atoms with Crippen molar-refractivity contribution in [2.45, 2.75) is 82.5 Å². The van der Waals surface area contributed by atoms with Crippen LogP contribution in [-0.2, 0) is 4.74 Å². The highest BCUT2D eigenvalue weighted by atomic mass is 32.2. The molecule has 11 heteroatoms. The molecular formula is C29H37F3N4O2S2. The lowest BCUT2D eigenvalue weighted by atomic mass is 9.69. The maximum absolute atomic E-state index is 13.4. The fourth-order valence-electron chi connectivity index (χ4n) is 6.96. The van der Waals surface area contributed by atoms with Crippen LogP contribution in [0.5, 0.6) is 0 Å². The molecular weight excluding hydrogens is 557 g/mol. The van der Waals surface area contributed by atoms with Crippen molar-refractivity contribution in [1.82, 2.24) is 18.9 Å². The van der Waals surface area contributed by atoms with Crippen LogP contribution in [0.2, 0.25) is 0 Å². The number of hydrogen-bond acceptors (Lipinski definition) is 7. The van der Waals surface area contributed by atoms with E-state index in [4.69, 9.17) is 9.72 Å². The summed E-state index contributed by atoms with van der Waals surface area (Å²) in [4.78, 5) is 20.1. The molecule has 2 aliphatic heterocycles. The van der Waals surface area contributed by atoms with Crippen LogP contribution in [0.15, 0.2) is 35.6 Å². The lowest BCUT2D eigenvalue weighted by Crippen LogP contribution is -2.51. The van der Waals surface area contributed by atoms with Gasteiger partial charge in [0.05, 0.1) is 16.3 Å². The number of fused-ring (bicyclic) bond motifs is 3. The van der Waals surface area contributed by atoms with E-state index in [1.165, 1.54) is 34.7 Å². The van der Waals surface area contributed by atoms with Gasteiger partial charge in [0.1, 0.15) is 17.2 Å². The lowest BCUT2D eigenvalue weighted by Gasteiger charge is -2.41. The topological polar surface area (TPSA) is 57.7 Å². The zero-order chi connectivity index (χ0) is 28.3. The third-order valence-corrected chi connectivity index (χ3v) is 10.8. The van der Waals surface area contributed by atoms with Gasteiger partial charge in [-0.25, -0.2) is 18.8 Å². The molecule has 4 unspecified atom stereocenters. The predicted octanol–water partition coefficient (Wildman–Crippen LogP) is 7.10. The Kier molecular flexibility index (Phi) is 7.41. The van der Waals surface area contributed by atoms with Gasteiger partial charge in [-0.2, -0.15) is 13.2 Å². The molecule has 1 saturated carbocycles. The minimum absolute atomic E-state index is 0.144. The van der Waals surface area contributed by atoms with Gasteiger partial charge in [-0.15, -0.1) is 11.3 Å². The quantitative estimate of drug-likeness (QED) is 0.377. The second kappa shape index (κ2) is 10.5. The zero-order valence-electron chi connectivity index (χ0n) is 23.2. The van der Waals surface area contributed by atoms with Gasteiger partial charge in [0.25, 0.3) is 0 Å². The fraction of sp³-hybridized carbons (Fsp3) is 0.655. The Labute approximate surface area is 242 Å². The second-order valence-electron chi connectivity index (χ2n) is 12.8. The van der Waals surface area contributed by atoms with Crippen LogP contribution in [0.25, 0.3) is 5.57 Å². The van der Waals surface area contributed by atoms with Gasteiger partial charge in [-0.05, 0) is 87.9 Å². The van der Waals surface area contributed by atoms with Crippen LogP contribution in [0.1, 0.15) is 75.1 Å². The van der Waals surface area contributed by atoms with Crippen LogP contribution in [-0.4, -0.2) is 63.8 Å². The number of nitrogens with one attached hydrogen (secondary N) is 1. The molecule has 6 rings (SSSR count). The number of allylic oxidation sites excluding steroid dienone is 2. The Bertz CT molecular complexity index is 1250. The Morgan fingerprint density at radius 2 is 2.00 bits per heavy atom. The Balaban J connectivity index is 1.26. The highest BCUT2D eigenvalue weighted by Crippen LogP contribution is 2.54. The van der Waals surface area contributed by atoms with E-state index in [0.29, 0.717) is 37.9 Å². The van der Waals surface area contributed by atoms with E-state index < -0.39 is 23.9 Å². The van der Waals surface area contributed by atoms with Crippen molar-refractivity contribution in [3.05, 3.63) is 45.5 Å². The minimum atomic E-state index is -4.26. The van der Waals surface area contributed by atoms with Crippen LogP contribution >= 0.6 is 23.5 Å². The second-order valence-corrected chi connectivity index (χ2v) is 14.8. The van der Waals surface area contributed by atoms with Crippen molar-refractivity contribution in [2.24, 2.45) is 11.8 Å². The highest BCUT2D eigenvalue weighted by Gasteiger charge is 2.53. The lowest BCUT2D eigenvalue weighted by molar-refractivity contribution is -0.135. The first-order valence-corrected chi connectivity index (χ1v) is 15.8. The van der Waals surface area contributed by atoms with Crippen LogP contribution in [0.4, 0.5) is 18.0 Å². The number of ether oxygens (including phenoxy) is 1. The summed E-state index contributed by atoms with van der Waals surface area (Å²) >= 11 is 2.73. The largest absolute Gasteiger partial charge is 0.444 e. The number of hydrogen-bond donors (Lipinski definition) is 1. The maximum atomic E-state index is 13.4. The average Bonchev–Trinajstić information content (AvgIpc) is 3.57. The summed E-state index contributed by atoms with van der Waals surface area (Å²) in [6, 6.07) is 0. The zero-order valence-corrected chi connectivity index (χ0v) is 24.9. The van der Waals surface area contributed by atoms with Crippen LogP contribution in [0.3, 0.4) is 0 Å². The van der Waals surface area contributed by atoms with Crippen molar-refractivity contribution < 1.29 is 22.7 Å². The molecule has 1 saturated heterocycles. The number of thiazole rings is 1. The first-order valence-electron chi connectivity index (χ1n) is 14.2. The summed E-state index contributed by atoms with van der Waals surface area (Å²) < 4.78 is 50.7. The van der Waals surface area contributed by atoms with Crippen molar-refractivity contribution in [2.75, 3.05) is 26.2 Å². The molecule has 0 radical (unpaired) electrons. The molecule has 3 heterocycles. The van der Waals surface area contributed by atoms with Gasteiger partial charge >= 0.3 is 12.3 Å². The molecule has 1 aromatic heterocycles. The number of carbonyl (C=O) groups is 1. The van der Waals surface area contributed by atoms with Crippen LogP contribution in [0, 0.1) is 11.8 Å². The first kappa shape index (κ1) is 28.3. The minimum Gasteiger partial charge on any atom is -0.444 e. The van der Waals surface area contributed by atoms with E-state index in [1.807, 2.05) is 27.0 Å². The van der Waals surface area contributed by atoms with Gasteiger partial charge in [0.2, 0.25) is 0 Å². The molecule has 1 amide bonds. The Morgan fingerprint density at radius 3 is 2.70 bits per heavy atom. The molecule has 2 fully saturated rings. The molecule has 3 aliphatic carbocycles. The van der Waals surface area contributed by atoms with Gasteiger partial charge < -0.3 is 9.64 Å². The smallest absolute Gasteiger partial charge is 0.410 e. The molecule has 1 aromatic rings. The molecule has 4 atom stereocenters. The first-order chi connectivity index (χ1) is 18.9. The predicted molar refractivity (Wildman–Crippen MR) is 153 cm³/mol. The number of nitrogens with zero attached hydrogens (tertiary/aromatic N) is 3. The van der Waals surface area contributed by atoms with E-state index in [9.17, 15) is 18.0 Å². The summed E-state index contributed by atoms with van der Waals surface area (Å²) in [5, 5.41) is 0.921. The number of halogens is 3. The average molecular weight is 595 g/mol. The van der Waals surface area contributed by atoms with Gasteiger partial charge in [-0.1, -0.05) is 18.2 Å². The monoisotopic (exact) mass is 594 g/mol. The molecule has 1 spiro atoms. The summed E-state index contributed by atoms with van der Waals surface area (Å²) in [7, 11) is 0. The van der Waals surface area contributed by atoms with E-state index in [0.717, 1.165) is 40.4 Å². The van der Waals surface area contributed by atoms with Crippen molar-refractivity contribution in [3.8, 4) is 0 Å². The van der Waals surface area contributed by atoms with Crippen molar-refractivity contribution in [3.63, 3.8) is 0 Å². The molecule has 5 aliphatic rings. The Morgan fingerprint density at radius 1 is 1.23 bits per heavy atom. The summed E-state index contributed by atoms with van der Waals surface area (Å²) in [5.41, 5.74) is 2.63. The van der Waals surface area contributed by atoms with Crippen molar-refractivity contribution in [1.29, 1.82) is 0 Å². The fourth-order valence-corrected chi connectivity index (χ4v) is 9.20. The van der Waals surface area contributed by atoms with Gasteiger partial charge in [0, 0.05) is 38.0 Å². The molecule has 40 heavy (non-hydrogen) atoms. The van der Waals surface area contributed by atoms with E-state index in [2.05, 4.69) is 23.0 Å². The van der Waals surface area contributed by atoms with Gasteiger partial charge in [-0.3, -0.25) is 0 Å². The summed E-state index contributed by atoms with van der Waals surface area (Å²) in [5.74, 6) is 1.15. The SMILES string of the molecule is CC(C)(C)OC(=O)N1CC=C(c2cnc(C3C=CC4=C(CC5CCC(C4)C5)C34CN(CC(F)(F)F)SN4)s2)CC1. The number of alkyl halides is 3. The van der Waals surface area contributed by atoms with E-state index in [-0.39, 0.29) is 12.0 Å². The van der Waals surface area contributed by atoms with Gasteiger partial charge in [0.15, 0.2) is 0 Å². The number of amides is 1. The standard InChI is InChI=1S/C29H37F3N4O2S2/c1-27(2,3)38-26(37)35-10-8-20(9-11-35)24-15-33-25(39-24)22-7-6-21-13-18-4-5-19(12-18)14-23(21)28(22)16-36(40-34-28)17-29(30,31)32/h6-8,15,18-19,22,34H,4-5,9-14,16-17H2,1-3H3. The number of carbonyl (C=O) groups excluding carboxylic acids is 1. The number of rotatable bonds is 3. The molecule has 2 bridgehead atoms. The molecule has 6 nitrogen and oxygen atoms in total. The van der Waals surface area contributed by atoms with Crippen molar-refractivity contribution >= 4 is 35.1 Å². The molecule has 0 aromatic carbocycles. The van der Waals surface area contributed by atoms with E-state index >= 15 is 0 Å². The highest BCUT2D eigenvalue weighted by molar-refractivity contribution is 7.95. The normalized spacial score (nSPS) is 31.0. The maximum Gasteiger partial charge on any atom is 0.410 e. The summed E-state index contributed by atoms with van der Waals surface area (Å²) in [6.07, 6.45) is 10.2. The van der Waals surface area contributed by atoms with E-state index in [1.54, 1.807) is 16.2 Å². The number of aromatic nitrogens is 1. The third-order valence-electron chi connectivity index (χ3n) is 8.70. The Hall–Kier alpha value is -1.82.